The Hall–Kier alpha value is -3.43. The summed E-state index contributed by atoms with van der Waals surface area (Å²) in [5.74, 6) is 0. The molecular formula is C17H14F3N5O2. The number of hydrogen-bond acceptors (Lipinski definition) is 5. The van der Waals surface area contributed by atoms with Crippen LogP contribution in [0.4, 0.5) is 24.5 Å². The molecule has 3 aromatic rings. The van der Waals surface area contributed by atoms with Gasteiger partial charge in [-0.25, -0.2) is 4.68 Å². The van der Waals surface area contributed by atoms with Crippen molar-refractivity contribution < 1.29 is 18.1 Å². The third-order valence-corrected chi connectivity index (χ3v) is 3.86. The van der Waals surface area contributed by atoms with Crippen LogP contribution >= 0.6 is 0 Å². The SMILES string of the molecule is CC(Nc1ccc([N+](=O)[O-])c(C(F)(F)F)c1)c1cn(-c2ccccc2)nn1. The second-order valence-corrected chi connectivity index (χ2v) is 5.78. The molecule has 0 saturated carbocycles. The van der Waals surface area contributed by atoms with Crippen LogP contribution in [-0.4, -0.2) is 19.9 Å². The fourth-order valence-electron chi connectivity index (χ4n) is 2.52. The molecule has 7 nitrogen and oxygen atoms in total. The van der Waals surface area contributed by atoms with Crippen LogP contribution in [0.5, 0.6) is 0 Å². The van der Waals surface area contributed by atoms with Crippen LogP contribution in [0.3, 0.4) is 0 Å². The van der Waals surface area contributed by atoms with E-state index >= 15 is 0 Å². The summed E-state index contributed by atoms with van der Waals surface area (Å²) in [6, 6.07) is 11.5. The molecule has 0 saturated heterocycles. The maximum atomic E-state index is 13.1. The zero-order valence-electron chi connectivity index (χ0n) is 14.0. The molecule has 1 aromatic heterocycles. The molecule has 1 unspecified atom stereocenters. The van der Waals surface area contributed by atoms with Crippen molar-refractivity contribution in [3.63, 3.8) is 0 Å². The Labute approximate surface area is 151 Å². The van der Waals surface area contributed by atoms with E-state index in [1.807, 2.05) is 30.3 Å². The number of anilines is 1. The summed E-state index contributed by atoms with van der Waals surface area (Å²) >= 11 is 0. The van der Waals surface area contributed by atoms with Gasteiger partial charge in [-0.2, -0.15) is 13.2 Å². The molecule has 0 aliphatic rings. The maximum absolute atomic E-state index is 13.1. The van der Waals surface area contributed by atoms with E-state index in [1.165, 1.54) is 6.07 Å². The first kappa shape index (κ1) is 18.4. The molecule has 0 spiro atoms. The highest BCUT2D eigenvalue weighted by molar-refractivity contribution is 5.55. The summed E-state index contributed by atoms with van der Waals surface area (Å²) in [6.07, 6.45) is -3.18. The van der Waals surface area contributed by atoms with E-state index in [2.05, 4.69) is 15.6 Å². The van der Waals surface area contributed by atoms with Crippen LogP contribution < -0.4 is 5.32 Å². The van der Waals surface area contributed by atoms with Gasteiger partial charge in [0.1, 0.15) is 11.3 Å². The molecular weight excluding hydrogens is 363 g/mol. The predicted octanol–water partition coefficient (Wildman–Crippen LogP) is 4.37. The molecule has 0 bridgehead atoms. The summed E-state index contributed by atoms with van der Waals surface area (Å²) in [7, 11) is 0. The molecule has 0 radical (unpaired) electrons. The lowest BCUT2D eigenvalue weighted by Gasteiger charge is -2.14. The fourth-order valence-corrected chi connectivity index (χ4v) is 2.52. The highest BCUT2D eigenvalue weighted by Crippen LogP contribution is 2.38. The molecule has 27 heavy (non-hydrogen) atoms. The molecule has 1 N–H and O–H groups in total. The van der Waals surface area contributed by atoms with Gasteiger partial charge in [0.25, 0.3) is 5.69 Å². The van der Waals surface area contributed by atoms with Crippen molar-refractivity contribution in [1.82, 2.24) is 15.0 Å². The maximum Gasteiger partial charge on any atom is 0.423 e. The van der Waals surface area contributed by atoms with Gasteiger partial charge in [-0.15, -0.1) is 5.10 Å². The minimum Gasteiger partial charge on any atom is -0.377 e. The monoisotopic (exact) mass is 377 g/mol. The van der Waals surface area contributed by atoms with Gasteiger partial charge in [-0.3, -0.25) is 10.1 Å². The molecule has 0 aliphatic heterocycles. The number of para-hydroxylation sites is 1. The van der Waals surface area contributed by atoms with E-state index in [1.54, 1.807) is 17.8 Å². The van der Waals surface area contributed by atoms with Gasteiger partial charge in [-0.1, -0.05) is 23.4 Å². The largest absolute Gasteiger partial charge is 0.423 e. The first-order valence-corrected chi connectivity index (χ1v) is 7.85. The molecule has 1 heterocycles. The van der Waals surface area contributed by atoms with Crippen LogP contribution in [0.1, 0.15) is 24.2 Å². The Kier molecular flexibility index (Phi) is 4.80. The van der Waals surface area contributed by atoms with Crippen LogP contribution in [0.25, 0.3) is 5.69 Å². The number of benzene rings is 2. The Morgan fingerprint density at radius 2 is 1.89 bits per heavy atom. The van der Waals surface area contributed by atoms with Crippen LogP contribution in [0.15, 0.2) is 54.7 Å². The van der Waals surface area contributed by atoms with Crippen LogP contribution in [-0.2, 0) is 6.18 Å². The minimum absolute atomic E-state index is 0.0923. The minimum atomic E-state index is -4.83. The van der Waals surface area contributed by atoms with E-state index in [4.69, 9.17) is 0 Å². The quantitative estimate of drug-likeness (QED) is 0.527. The van der Waals surface area contributed by atoms with Crippen molar-refractivity contribution in [2.75, 3.05) is 5.32 Å². The van der Waals surface area contributed by atoms with Crippen molar-refractivity contribution in [2.45, 2.75) is 19.1 Å². The first-order chi connectivity index (χ1) is 12.8. The number of alkyl halides is 3. The van der Waals surface area contributed by atoms with Crippen LogP contribution in [0, 0.1) is 10.1 Å². The zero-order valence-corrected chi connectivity index (χ0v) is 14.0. The number of aromatic nitrogens is 3. The third-order valence-electron chi connectivity index (χ3n) is 3.86. The summed E-state index contributed by atoms with van der Waals surface area (Å²) in [4.78, 5) is 9.77. The number of nitrogens with zero attached hydrogens (tertiary/aromatic N) is 4. The Morgan fingerprint density at radius 3 is 2.52 bits per heavy atom. The lowest BCUT2D eigenvalue weighted by atomic mass is 10.1. The topological polar surface area (TPSA) is 85.9 Å². The predicted molar refractivity (Wildman–Crippen MR) is 91.5 cm³/mol. The average molecular weight is 377 g/mol. The highest BCUT2D eigenvalue weighted by atomic mass is 19.4. The lowest BCUT2D eigenvalue weighted by Crippen LogP contribution is -2.12. The van der Waals surface area contributed by atoms with E-state index in [0.29, 0.717) is 5.69 Å². The van der Waals surface area contributed by atoms with Gasteiger partial charge in [-0.05, 0) is 31.2 Å². The summed E-state index contributed by atoms with van der Waals surface area (Å²) in [5.41, 5.74) is -0.910. The first-order valence-electron chi connectivity index (χ1n) is 7.85. The van der Waals surface area contributed by atoms with Crippen molar-refractivity contribution >= 4 is 11.4 Å². The lowest BCUT2D eigenvalue weighted by molar-refractivity contribution is -0.388. The number of nitro groups is 1. The van der Waals surface area contributed by atoms with Crippen molar-refractivity contribution in [3.05, 3.63) is 76.1 Å². The number of nitro benzene ring substituents is 1. The standard InChI is InChI=1S/C17H14F3N5O2/c1-11(15-10-24(23-22-15)13-5-3-2-4-6-13)21-12-7-8-16(25(26)27)14(9-12)17(18,19)20/h2-11,21H,1H3. The third kappa shape index (κ3) is 4.05. The molecule has 1 atom stereocenters. The van der Waals surface area contributed by atoms with Gasteiger partial charge in [0.05, 0.1) is 22.8 Å². The molecule has 0 aliphatic carbocycles. The van der Waals surface area contributed by atoms with Gasteiger partial charge in [0, 0.05) is 11.8 Å². The number of halogens is 3. The normalized spacial score (nSPS) is 12.6. The van der Waals surface area contributed by atoms with Gasteiger partial charge in [0.2, 0.25) is 0 Å². The highest BCUT2D eigenvalue weighted by Gasteiger charge is 2.38. The smallest absolute Gasteiger partial charge is 0.377 e. The second kappa shape index (κ2) is 7.06. The molecule has 0 fully saturated rings. The Balaban J connectivity index is 1.83. The number of rotatable bonds is 5. The van der Waals surface area contributed by atoms with Crippen molar-refractivity contribution in [2.24, 2.45) is 0 Å². The van der Waals surface area contributed by atoms with Crippen LogP contribution in [0.2, 0.25) is 0 Å². The summed E-state index contributed by atoms with van der Waals surface area (Å²) in [6.45, 7) is 1.70. The molecule has 3 rings (SSSR count). The zero-order chi connectivity index (χ0) is 19.6. The second-order valence-electron chi connectivity index (χ2n) is 5.78. The molecule has 140 valence electrons. The Morgan fingerprint density at radius 1 is 1.19 bits per heavy atom. The van der Waals surface area contributed by atoms with Gasteiger partial charge < -0.3 is 5.32 Å². The van der Waals surface area contributed by atoms with E-state index in [9.17, 15) is 23.3 Å². The summed E-state index contributed by atoms with van der Waals surface area (Å²) in [5, 5.41) is 21.7. The van der Waals surface area contributed by atoms with E-state index < -0.39 is 28.4 Å². The van der Waals surface area contributed by atoms with E-state index in [-0.39, 0.29) is 5.69 Å². The average Bonchev–Trinajstić information content (AvgIpc) is 3.12. The number of nitrogens with one attached hydrogen (secondary N) is 1. The van der Waals surface area contributed by atoms with Crippen molar-refractivity contribution in [1.29, 1.82) is 0 Å². The van der Waals surface area contributed by atoms with Crippen molar-refractivity contribution in [3.8, 4) is 5.69 Å². The molecule has 0 amide bonds. The molecule has 10 heteroatoms. The van der Waals surface area contributed by atoms with Gasteiger partial charge in [0.15, 0.2) is 0 Å². The summed E-state index contributed by atoms with van der Waals surface area (Å²) < 4.78 is 40.8. The number of hydrogen-bond donors (Lipinski definition) is 1. The van der Waals surface area contributed by atoms with E-state index in [0.717, 1.165) is 17.8 Å². The molecule has 2 aromatic carbocycles. The fraction of sp³-hybridized carbons (Fsp3) is 0.176. The van der Waals surface area contributed by atoms with Gasteiger partial charge >= 0.3 is 6.18 Å². The Bertz CT molecular complexity index is 957.